The highest BCUT2D eigenvalue weighted by molar-refractivity contribution is 5.61. The van der Waals surface area contributed by atoms with Crippen LogP contribution in [0.15, 0.2) is 40.6 Å². The third kappa shape index (κ3) is 2.54. The van der Waals surface area contributed by atoms with Crippen LogP contribution < -0.4 is 4.90 Å². The van der Waals surface area contributed by atoms with Crippen molar-refractivity contribution in [2.24, 2.45) is 0 Å². The highest BCUT2D eigenvalue weighted by Gasteiger charge is 2.24. The van der Waals surface area contributed by atoms with E-state index in [0.29, 0.717) is 0 Å². The van der Waals surface area contributed by atoms with E-state index in [1.165, 1.54) is 35.4 Å². The molecule has 1 heteroatoms. The lowest BCUT2D eigenvalue weighted by Crippen LogP contribution is -2.21. The van der Waals surface area contributed by atoms with Crippen LogP contribution in [0.25, 0.3) is 0 Å². The first kappa shape index (κ1) is 14.9. The number of benzene rings is 1. The Hall–Kier alpha value is -1.50. The minimum Gasteiger partial charge on any atom is -0.348 e. The molecule has 0 amide bonds. The van der Waals surface area contributed by atoms with Gasteiger partial charge in [0.25, 0.3) is 0 Å². The van der Waals surface area contributed by atoms with Gasteiger partial charge in [-0.3, -0.25) is 0 Å². The average molecular weight is 269 g/mol. The van der Waals surface area contributed by atoms with Gasteiger partial charge in [-0.05, 0) is 62.8 Å². The molecule has 0 fully saturated rings. The minimum absolute atomic E-state index is 1.16. The van der Waals surface area contributed by atoms with Crippen LogP contribution in [0.3, 0.4) is 0 Å². The summed E-state index contributed by atoms with van der Waals surface area (Å²) in [7, 11) is 2.19. The molecule has 0 saturated carbocycles. The van der Waals surface area contributed by atoms with Gasteiger partial charge in [0, 0.05) is 18.4 Å². The van der Waals surface area contributed by atoms with Gasteiger partial charge in [-0.2, -0.15) is 0 Å². The second kappa shape index (κ2) is 5.87. The molecule has 108 valence electrons. The van der Waals surface area contributed by atoms with Gasteiger partial charge >= 0.3 is 0 Å². The lowest BCUT2D eigenvalue weighted by Gasteiger charge is -2.33. The Morgan fingerprint density at radius 3 is 2.40 bits per heavy atom. The Morgan fingerprint density at radius 1 is 1.15 bits per heavy atom. The van der Waals surface area contributed by atoms with Gasteiger partial charge in [0.1, 0.15) is 0 Å². The van der Waals surface area contributed by atoms with Gasteiger partial charge in [-0.15, -0.1) is 0 Å². The van der Waals surface area contributed by atoms with E-state index in [2.05, 4.69) is 64.8 Å². The Balaban J connectivity index is 2.35. The Labute approximate surface area is 124 Å². The molecule has 1 aliphatic carbocycles. The molecule has 1 nitrogen and oxygen atoms in total. The van der Waals surface area contributed by atoms with Gasteiger partial charge in [-0.25, -0.2) is 0 Å². The maximum absolute atomic E-state index is 2.35. The molecule has 0 atom stereocenters. The predicted octanol–water partition coefficient (Wildman–Crippen LogP) is 5.53. The highest BCUT2D eigenvalue weighted by atomic mass is 15.1. The minimum atomic E-state index is 1.16. The van der Waals surface area contributed by atoms with Gasteiger partial charge in [0.2, 0.25) is 0 Å². The summed E-state index contributed by atoms with van der Waals surface area (Å²) in [6.07, 6.45) is 3.55. The van der Waals surface area contributed by atoms with Crippen LogP contribution in [-0.2, 0) is 0 Å². The van der Waals surface area contributed by atoms with Crippen molar-refractivity contribution in [3.05, 3.63) is 51.7 Å². The van der Waals surface area contributed by atoms with Crippen LogP contribution in [0.1, 0.15) is 51.2 Å². The Kier molecular flexibility index (Phi) is 4.37. The van der Waals surface area contributed by atoms with Crippen LogP contribution in [0.2, 0.25) is 0 Å². The average Bonchev–Trinajstić information content (AvgIpc) is 2.37. The number of anilines is 1. The number of allylic oxidation sites excluding steroid dienone is 4. The maximum Gasteiger partial charge on any atom is 0.0435 e. The fourth-order valence-corrected chi connectivity index (χ4v) is 3.25. The summed E-state index contributed by atoms with van der Waals surface area (Å²) in [5.74, 6) is 0. The van der Waals surface area contributed by atoms with Crippen molar-refractivity contribution in [3.63, 3.8) is 0 Å². The molecule has 1 aromatic carbocycles. The number of nitrogens with zero attached hydrogens (tertiary/aromatic N) is 1. The summed E-state index contributed by atoms with van der Waals surface area (Å²) in [5, 5.41) is 0. The zero-order valence-corrected chi connectivity index (χ0v) is 13.8. The van der Waals surface area contributed by atoms with Gasteiger partial charge < -0.3 is 4.90 Å². The summed E-state index contributed by atoms with van der Waals surface area (Å²) >= 11 is 0. The number of rotatable bonds is 4. The fraction of sp³-hybridized carbons (Fsp3) is 0.474. The fourth-order valence-electron chi connectivity index (χ4n) is 3.25. The first-order chi connectivity index (χ1) is 9.49. The predicted molar refractivity (Wildman–Crippen MR) is 89.2 cm³/mol. The number of hydrogen-bond donors (Lipinski definition) is 0. The van der Waals surface area contributed by atoms with Crippen LogP contribution in [-0.4, -0.2) is 7.05 Å². The first-order valence-corrected chi connectivity index (χ1v) is 7.71. The van der Waals surface area contributed by atoms with Crippen molar-refractivity contribution >= 4 is 5.69 Å². The van der Waals surface area contributed by atoms with E-state index in [1.54, 1.807) is 16.7 Å². The molecule has 0 N–H and O–H groups in total. The topological polar surface area (TPSA) is 3.24 Å². The molecule has 0 radical (unpaired) electrons. The van der Waals surface area contributed by atoms with Gasteiger partial charge in [0.15, 0.2) is 0 Å². The van der Waals surface area contributed by atoms with Crippen molar-refractivity contribution in [2.75, 3.05) is 11.9 Å². The number of hydrogen-bond acceptors (Lipinski definition) is 1. The van der Waals surface area contributed by atoms with Crippen LogP contribution in [0.5, 0.6) is 0 Å². The Bertz CT molecular complexity index is 575. The summed E-state index contributed by atoms with van der Waals surface area (Å²) in [5.41, 5.74) is 10.2. The largest absolute Gasteiger partial charge is 0.348 e. The molecule has 0 heterocycles. The zero-order valence-electron chi connectivity index (χ0n) is 13.8. The third-order valence-electron chi connectivity index (χ3n) is 4.62. The molecule has 0 aromatic heterocycles. The maximum atomic E-state index is 2.35. The molecule has 0 saturated heterocycles. The molecular formula is C19H27N. The van der Waals surface area contributed by atoms with Crippen molar-refractivity contribution in [1.29, 1.82) is 0 Å². The van der Waals surface area contributed by atoms with Gasteiger partial charge in [0.05, 0.1) is 0 Å². The van der Waals surface area contributed by atoms with Crippen LogP contribution >= 0.6 is 0 Å². The molecule has 20 heavy (non-hydrogen) atoms. The number of aryl methyl sites for hydroxylation is 2. The van der Waals surface area contributed by atoms with E-state index in [1.807, 2.05) is 0 Å². The molecule has 1 aromatic rings. The van der Waals surface area contributed by atoms with E-state index >= 15 is 0 Å². The quantitative estimate of drug-likeness (QED) is 0.694. The lowest BCUT2D eigenvalue weighted by molar-refractivity contribution is 0.823. The normalized spacial score (nSPS) is 17.1. The molecular weight excluding hydrogens is 242 g/mol. The Morgan fingerprint density at radius 2 is 1.85 bits per heavy atom. The lowest BCUT2D eigenvalue weighted by atomic mass is 9.78. The van der Waals surface area contributed by atoms with E-state index in [0.717, 1.165) is 6.42 Å². The SMILES string of the molecule is CCC1=C(CC)/C(=C(/C)N(C)c2ccc(C)cc2C)C1. The molecule has 0 unspecified atom stereocenters. The molecule has 1 aliphatic rings. The summed E-state index contributed by atoms with van der Waals surface area (Å²) in [6.45, 7) is 11.2. The van der Waals surface area contributed by atoms with Crippen molar-refractivity contribution in [1.82, 2.24) is 0 Å². The van der Waals surface area contributed by atoms with E-state index < -0.39 is 0 Å². The highest BCUT2D eigenvalue weighted by Crippen LogP contribution is 2.41. The summed E-state index contributed by atoms with van der Waals surface area (Å²) in [4.78, 5) is 2.35. The van der Waals surface area contributed by atoms with E-state index in [4.69, 9.17) is 0 Å². The zero-order chi connectivity index (χ0) is 14.9. The first-order valence-electron chi connectivity index (χ1n) is 7.71. The van der Waals surface area contributed by atoms with E-state index in [-0.39, 0.29) is 0 Å². The third-order valence-corrected chi connectivity index (χ3v) is 4.62. The van der Waals surface area contributed by atoms with Crippen LogP contribution in [0, 0.1) is 13.8 Å². The smallest absolute Gasteiger partial charge is 0.0435 e. The summed E-state index contributed by atoms with van der Waals surface area (Å²) in [6, 6.07) is 6.70. The standard InChI is InChI=1S/C19H27N/c1-7-16-12-18(17(16)8-2)15(5)20(6)19-10-9-13(3)11-14(19)4/h9-11H,7-8,12H2,1-6H3/b18-15-. The molecule has 2 rings (SSSR count). The van der Waals surface area contributed by atoms with Crippen molar-refractivity contribution < 1.29 is 0 Å². The molecule has 0 spiro atoms. The summed E-state index contributed by atoms with van der Waals surface area (Å²) < 4.78 is 0. The van der Waals surface area contributed by atoms with Crippen molar-refractivity contribution in [3.8, 4) is 0 Å². The van der Waals surface area contributed by atoms with Gasteiger partial charge in [-0.1, -0.05) is 37.1 Å². The monoisotopic (exact) mass is 269 g/mol. The second-order valence-electron chi connectivity index (χ2n) is 5.88. The van der Waals surface area contributed by atoms with Crippen LogP contribution in [0.4, 0.5) is 5.69 Å². The molecule has 0 aliphatic heterocycles. The molecule has 0 bridgehead atoms. The van der Waals surface area contributed by atoms with E-state index in [9.17, 15) is 0 Å². The second-order valence-corrected chi connectivity index (χ2v) is 5.88. The van der Waals surface area contributed by atoms with Crippen molar-refractivity contribution in [2.45, 2.75) is 53.9 Å².